The lowest BCUT2D eigenvalue weighted by Gasteiger charge is -2.25. The summed E-state index contributed by atoms with van der Waals surface area (Å²) in [5.41, 5.74) is -0.439. The monoisotopic (exact) mass is 292 g/mol. The maximum Gasteiger partial charge on any atom is 0.410 e. The molecule has 0 bridgehead atoms. The molecule has 0 aromatic carbocycles. The van der Waals surface area contributed by atoms with E-state index in [1.807, 2.05) is 27.8 Å². The van der Waals surface area contributed by atoms with Gasteiger partial charge in [-0.25, -0.2) is 9.78 Å². The van der Waals surface area contributed by atoms with E-state index in [0.717, 1.165) is 31.9 Å². The van der Waals surface area contributed by atoms with Gasteiger partial charge in [-0.3, -0.25) is 4.98 Å². The molecule has 1 aromatic rings. The van der Waals surface area contributed by atoms with Gasteiger partial charge in [-0.15, -0.1) is 0 Å². The van der Waals surface area contributed by atoms with Crippen LogP contribution < -0.4 is 4.90 Å². The van der Waals surface area contributed by atoms with Gasteiger partial charge in [0.05, 0.1) is 6.20 Å². The fourth-order valence-electron chi connectivity index (χ4n) is 2.44. The zero-order valence-electron chi connectivity index (χ0n) is 13.2. The van der Waals surface area contributed by atoms with Crippen molar-refractivity contribution in [3.05, 3.63) is 18.6 Å². The second-order valence-corrected chi connectivity index (χ2v) is 6.53. The summed E-state index contributed by atoms with van der Waals surface area (Å²) >= 11 is 0. The van der Waals surface area contributed by atoms with E-state index in [0.29, 0.717) is 5.92 Å². The minimum Gasteiger partial charge on any atom is -0.444 e. The number of likely N-dealkylation sites (tertiary alicyclic amines) is 1. The van der Waals surface area contributed by atoms with E-state index in [1.54, 1.807) is 23.5 Å². The Morgan fingerprint density at radius 1 is 1.48 bits per heavy atom. The molecular formula is C15H24N4O2. The van der Waals surface area contributed by atoms with Crippen molar-refractivity contribution in [2.75, 3.05) is 31.6 Å². The molecule has 2 heterocycles. The van der Waals surface area contributed by atoms with Crippen LogP contribution in [0.1, 0.15) is 27.2 Å². The Hall–Kier alpha value is -1.85. The van der Waals surface area contributed by atoms with Crippen LogP contribution in [0.2, 0.25) is 0 Å². The van der Waals surface area contributed by atoms with Crippen LogP contribution in [0.25, 0.3) is 0 Å². The number of rotatable bonds is 3. The molecule has 0 N–H and O–H groups in total. The Morgan fingerprint density at radius 3 is 2.86 bits per heavy atom. The van der Waals surface area contributed by atoms with E-state index in [9.17, 15) is 4.79 Å². The molecule has 1 aromatic heterocycles. The quantitative estimate of drug-likeness (QED) is 0.854. The molecule has 0 saturated carbocycles. The summed E-state index contributed by atoms with van der Waals surface area (Å²) in [6.07, 6.45) is 5.88. The van der Waals surface area contributed by atoms with Gasteiger partial charge in [0.2, 0.25) is 0 Å². The number of carbonyl (C=O) groups is 1. The Morgan fingerprint density at radius 2 is 2.24 bits per heavy atom. The first-order valence-corrected chi connectivity index (χ1v) is 7.30. The molecular weight excluding hydrogens is 268 g/mol. The number of amides is 1. The van der Waals surface area contributed by atoms with E-state index in [1.165, 1.54) is 0 Å². The number of carbonyl (C=O) groups excluding carboxylic acids is 1. The average Bonchev–Trinajstić information content (AvgIpc) is 2.86. The molecule has 116 valence electrons. The van der Waals surface area contributed by atoms with E-state index in [-0.39, 0.29) is 6.09 Å². The molecule has 0 spiro atoms. The molecule has 2 rings (SSSR count). The van der Waals surface area contributed by atoms with Crippen molar-refractivity contribution in [2.24, 2.45) is 5.92 Å². The first-order valence-electron chi connectivity index (χ1n) is 7.30. The SMILES string of the molecule is CN(CC1CCN(C(=O)OC(C)(C)C)C1)c1cnccn1. The summed E-state index contributed by atoms with van der Waals surface area (Å²) in [7, 11) is 2.00. The van der Waals surface area contributed by atoms with Gasteiger partial charge in [-0.05, 0) is 33.1 Å². The first-order chi connectivity index (χ1) is 9.85. The Labute approximate surface area is 126 Å². The highest BCUT2D eigenvalue weighted by atomic mass is 16.6. The van der Waals surface area contributed by atoms with Crippen LogP contribution in [0.4, 0.5) is 10.6 Å². The second-order valence-electron chi connectivity index (χ2n) is 6.53. The molecule has 1 aliphatic heterocycles. The van der Waals surface area contributed by atoms with Crippen molar-refractivity contribution < 1.29 is 9.53 Å². The summed E-state index contributed by atoms with van der Waals surface area (Å²) in [6.45, 7) is 8.02. The summed E-state index contributed by atoms with van der Waals surface area (Å²) in [6, 6.07) is 0. The first kappa shape index (κ1) is 15.5. The average molecular weight is 292 g/mol. The van der Waals surface area contributed by atoms with Crippen LogP contribution in [0.5, 0.6) is 0 Å². The lowest BCUT2D eigenvalue weighted by atomic mass is 10.1. The Bertz CT molecular complexity index is 472. The number of ether oxygens (including phenoxy) is 1. The van der Waals surface area contributed by atoms with Crippen LogP contribution >= 0.6 is 0 Å². The van der Waals surface area contributed by atoms with E-state index in [4.69, 9.17) is 4.74 Å². The molecule has 0 radical (unpaired) electrons. The smallest absolute Gasteiger partial charge is 0.410 e. The van der Waals surface area contributed by atoms with Gasteiger partial charge in [0, 0.05) is 39.1 Å². The predicted octanol–water partition coefficient (Wildman–Crippen LogP) is 2.17. The molecule has 21 heavy (non-hydrogen) atoms. The molecule has 1 saturated heterocycles. The van der Waals surface area contributed by atoms with Crippen LogP contribution in [-0.4, -0.2) is 53.2 Å². The number of anilines is 1. The normalized spacial score (nSPS) is 18.7. The lowest BCUT2D eigenvalue weighted by molar-refractivity contribution is 0.0288. The molecule has 1 unspecified atom stereocenters. The third-order valence-electron chi connectivity index (χ3n) is 3.41. The maximum absolute atomic E-state index is 12.0. The van der Waals surface area contributed by atoms with Crippen molar-refractivity contribution in [3.63, 3.8) is 0 Å². The summed E-state index contributed by atoms with van der Waals surface area (Å²) in [4.78, 5) is 24.3. The standard InChI is InChI=1S/C15H24N4O2/c1-15(2,3)21-14(20)19-8-5-12(11-19)10-18(4)13-9-16-6-7-17-13/h6-7,9,12H,5,8,10-11H2,1-4H3. The van der Waals surface area contributed by atoms with Crippen LogP contribution in [0.15, 0.2) is 18.6 Å². The van der Waals surface area contributed by atoms with Gasteiger partial charge in [-0.1, -0.05) is 0 Å². The van der Waals surface area contributed by atoms with Gasteiger partial charge in [-0.2, -0.15) is 0 Å². The number of hydrogen-bond donors (Lipinski definition) is 0. The topological polar surface area (TPSA) is 58.6 Å². The van der Waals surface area contributed by atoms with E-state index < -0.39 is 5.60 Å². The number of aromatic nitrogens is 2. The highest BCUT2D eigenvalue weighted by Gasteiger charge is 2.30. The lowest BCUT2D eigenvalue weighted by Crippen LogP contribution is -2.36. The van der Waals surface area contributed by atoms with Crippen LogP contribution in [0, 0.1) is 5.92 Å². The Balaban J connectivity index is 1.84. The fourth-order valence-corrected chi connectivity index (χ4v) is 2.44. The Kier molecular flexibility index (Phi) is 4.65. The maximum atomic E-state index is 12.0. The zero-order chi connectivity index (χ0) is 15.5. The highest BCUT2D eigenvalue weighted by Crippen LogP contribution is 2.21. The second kappa shape index (κ2) is 6.28. The third-order valence-corrected chi connectivity index (χ3v) is 3.41. The zero-order valence-corrected chi connectivity index (χ0v) is 13.2. The van der Waals surface area contributed by atoms with Crippen molar-refractivity contribution in [1.82, 2.24) is 14.9 Å². The highest BCUT2D eigenvalue weighted by molar-refractivity contribution is 5.68. The van der Waals surface area contributed by atoms with Crippen molar-refractivity contribution in [1.29, 1.82) is 0 Å². The van der Waals surface area contributed by atoms with Gasteiger partial charge in [0.1, 0.15) is 11.4 Å². The molecule has 1 aliphatic rings. The number of nitrogens with zero attached hydrogens (tertiary/aromatic N) is 4. The third kappa shape index (κ3) is 4.58. The van der Waals surface area contributed by atoms with Crippen LogP contribution in [-0.2, 0) is 4.74 Å². The van der Waals surface area contributed by atoms with Gasteiger partial charge in [0.15, 0.2) is 0 Å². The minimum absolute atomic E-state index is 0.216. The van der Waals surface area contributed by atoms with Gasteiger partial charge < -0.3 is 14.5 Å². The molecule has 0 aliphatic carbocycles. The molecule has 1 fully saturated rings. The fraction of sp³-hybridized carbons (Fsp3) is 0.667. The summed E-state index contributed by atoms with van der Waals surface area (Å²) in [5.74, 6) is 1.29. The van der Waals surface area contributed by atoms with Gasteiger partial charge in [0.25, 0.3) is 0 Å². The minimum atomic E-state index is -0.439. The summed E-state index contributed by atoms with van der Waals surface area (Å²) < 4.78 is 5.41. The molecule has 6 heteroatoms. The number of hydrogen-bond acceptors (Lipinski definition) is 5. The van der Waals surface area contributed by atoms with E-state index in [2.05, 4.69) is 14.9 Å². The molecule has 6 nitrogen and oxygen atoms in total. The van der Waals surface area contributed by atoms with Gasteiger partial charge >= 0.3 is 6.09 Å². The van der Waals surface area contributed by atoms with Crippen molar-refractivity contribution in [3.8, 4) is 0 Å². The van der Waals surface area contributed by atoms with Crippen molar-refractivity contribution in [2.45, 2.75) is 32.8 Å². The largest absolute Gasteiger partial charge is 0.444 e. The summed E-state index contributed by atoms with van der Waals surface area (Å²) in [5, 5.41) is 0. The van der Waals surface area contributed by atoms with Crippen molar-refractivity contribution >= 4 is 11.9 Å². The van der Waals surface area contributed by atoms with Crippen LogP contribution in [0.3, 0.4) is 0 Å². The molecule has 1 amide bonds. The molecule has 1 atom stereocenters. The van der Waals surface area contributed by atoms with E-state index >= 15 is 0 Å². The predicted molar refractivity (Wildman–Crippen MR) is 81.2 cm³/mol.